The van der Waals surface area contributed by atoms with Gasteiger partial charge in [-0.1, -0.05) is 103 Å². The molecule has 3 aromatic carbocycles. The van der Waals surface area contributed by atoms with Crippen molar-refractivity contribution < 1.29 is 14.4 Å². The second kappa shape index (κ2) is 22.1. The van der Waals surface area contributed by atoms with E-state index < -0.39 is 0 Å². The van der Waals surface area contributed by atoms with Gasteiger partial charge in [-0.05, 0) is 116 Å². The first-order valence-corrected chi connectivity index (χ1v) is 19.1. The van der Waals surface area contributed by atoms with Crippen molar-refractivity contribution in [2.75, 3.05) is 0 Å². The molecule has 0 amide bonds. The molecule has 0 spiro atoms. The number of nitrogens with zero attached hydrogens (tertiary/aromatic N) is 2. The molecule has 0 heterocycles. The third kappa shape index (κ3) is 12.8. The summed E-state index contributed by atoms with van der Waals surface area (Å²) in [4.78, 5) is 10.4. The molecule has 0 saturated heterocycles. The zero-order valence-corrected chi connectivity index (χ0v) is 30.2. The summed E-state index contributed by atoms with van der Waals surface area (Å²) in [6.07, 6.45) is 15.3. The molecule has 244 valence electrons. The molecule has 0 saturated carbocycles. The molecule has 2 nitrogen and oxygen atoms in total. The van der Waals surface area contributed by atoms with Crippen LogP contribution in [-0.4, -0.2) is 11.4 Å². The van der Waals surface area contributed by atoms with Crippen molar-refractivity contribution in [3.05, 3.63) is 82.9 Å². The topological polar surface area (TPSA) is 24.7 Å². The third-order valence-electron chi connectivity index (χ3n) is 8.05. The molecular weight excluding hydrogens is 579 g/mol. The molecule has 0 bridgehead atoms. The van der Waals surface area contributed by atoms with Crippen molar-refractivity contribution in [2.24, 2.45) is 9.98 Å². The Morgan fingerprint density at radius 1 is 0.636 bits per heavy atom. The number of aliphatic imine (C=N–C) groups is 2. The number of hydrogen-bond donors (Lipinski definition) is 0. The summed E-state index contributed by atoms with van der Waals surface area (Å²) in [5.74, 6) is 4.12. The fourth-order valence-electron chi connectivity index (χ4n) is 5.73. The van der Waals surface area contributed by atoms with E-state index in [0.717, 1.165) is 54.9 Å². The molecule has 0 fully saturated rings. The van der Waals surface area contributed by atoms with Crippen LogP contribution in [0.1, 0.15) is 122 Å². The van der Waals surface area contributed by atoms with Crippen LogP contribution in [0.5, 0.6) is 0 Å². The second-order valence-electron chi connectivity index (χ2n) is 11.8. The van der Waals surface area contributed by atoms with Crippen LogP contribution in [0.2, 0.25) is 11.8 Å². The Bertz CT molecular complexity index is 1290. The van der Waals surface area contributed by atoms with Crippen molar-refractivity contribution in [2.45, 2.75) is 137 Å². The first-order valence-electron chi connectivity index (χ1n) is 17.1. The molecule has 0 unspecified atom stereocenters. The van der Waals surface area contributed by atoms with Crippen molar-refractivity contribution >= 4 is 22.8 Å². The minimum absolute atomic E-state index is 0.863. The predicted octanol–water partition coefficient (Wildman–Crippen LogP) is 13.2. The zero-order valence-electron chi connectivity index (χ0n) is 29.2. The van der Waals surface area contributed by atoms with E-state index in [-0.39, 0.29) is 0 Å². The van der Waals surface area contributed by atoms with E-state index in [1.54, 1.807) is 14.4 Å². The Hall–Kier alpha value is -2.51. The van der Waals surface area contributed by atoms with Gasteiger partial charge in [0.25, 0.3) is 0 Å². The quantitative estimate of drug-likeness (QED) is 0.0798. The molecule has 0 N–H and O–H groups in total. The molecule has 3 rings (SSSR count). The molecule has 44 heavy (non-hydrogen) atoms. The summed E-state index contributed by atoms with van der Waals surface area (Å²) in [7, 11) is 0. The van der Waals surface area contributed by atoms with Crippen molar-refractivity contribution in [1.29, 1.82) is 0 Å². The number of aryl methyl sites for hydroxylation is 3. The average molecular weight is 640 g/mol. The van der Waals surface area contributed by atoms with Crippen LogP contribution in [-0.2, 0) is 40.1 Å². The summed E-state index contributed by atoms with van der Waals surface area (Å²) in [5.41, 5.74) is 12.6. The third-order valence-corrected chi connectivity index (χ3v) is 8.05. The van der Waals surface area contributed by atoms with Gasteiger partial charge < -0.3 is 0 Å². The van der Waals surface area contributed by atoms with Gasteiger partial charge in [0.05, 0.1) is 22.8 Å². The van der Waals surface area contributed by atoms with Gasteiger partial charge in [0.2, 0.25) is 0 Å². The Labute approximate surface area is 277 Å². The van der Waals surface area contributed by atoms with Crippen LogP contribution in [0.4, 0.5) is 11.4 Å². The van der Waals surface area contributed by atoms with Crippen molar-refractivity contribution in [3.8, 4) is 11.1 Å². The number of unbranched alkanes of at least 4 members (excludes halogenated alkanes) is 5. The van der Waals surface area contributed by atoms with E-state index in [1.807, 2.05) is 0 Å². The minimum atomic E-state index is 0.863. The van der Waals surface area contributed by atoms with Gasteiger partial charge >= 0.3 is 26.2 Å². The molecule has 0 aliphatic carbocycles. The van der Waals surface area contributed by atoms with Crippen LogP contribution in [0.3, 0.4) is 0 Å². The fourth-order valence-corrected chi connectivity index (χ4v) is 5.73. The predicted molar refractivity (Wildman–Crippen MR) is 195 cm³/mol. The standard InChI is InChI=1S/C39H54N2.2CH3.Ni/c1-7-12-15-17-21-32-25-31(20-13-8-2)26-35(27-32)41-39(11-5)30(6)40-36-28-34(22-14-9-3)37(10-4)38(29-36)33-23-18-16-19-24-33;;;/h16,18-19,23-29H,7-15,17,20-22H2,1-6H3;2*1H3;. The maximum absolute atomic E-state index is 5.22. The Morgan fingerprint density at radius 2 is 1.23 bits per heavy atom. The molecule has 0 aromatic heterocycles. The molecular formula is C41H60N2Ni. The van der Waals surface area contributed by atoms with E-state index in [2.05, 4.69) is 114 Å². The average Bonchev–Trinajstić information content (AvgIpc) is 3.04. The number of rotatable bonds is 17. The van der Waals surface area contributed by atoms with Crippen LogP contribution in [0.25, 0.3) is 11.1 Å². The van der Waals surface area contributed by atoms with Crippen molar-refractivity contribution in [3.63, 3.8) is 0 Å². The van der Waals surface area contributed by atoms with Crippen molar-refractivity contribution in [1.82, 2.24) is 0 Å². The summed E-state index contributed by atoms with van der Waals surface area (Å²) in [6.45, 7) is 13.4. The molecule has 0 aliphatic rings. The van der Waals surface area contributed by atoms with Crippen LogP contribution in [0, 0.1) is 0 Å². The Balaban J connectivity index is 0.00000216. The number of benzene rings is 3. The summed E-state index contributed by atoms with van der Waals surface area (Å²) in [5, 5.41) is 0. The fraction of sp³-hybridized carbons (Fsp3) is 0.512. The van der Waals surface area contributed by atoms with E-state index >= 15 is 0 Å². The van der Waals surface area contributed by atoms with E-state index in [4.69, 9.17) is 9.98 Å². The Kier molecular flexibility index (Phi) is 18.9. The first-order chi connectivity index (χ1) is 21.4. The molecule has 0 radical (unpaired) electrons. The molecule has 0 aliphatic heterocycles. The SMILES string of the molecule is CCCCCCc1cc(CCCC)cc(N=C(CC)C(C)=Nc2cc(CCCC)c(CC)c(-c3ccccc3)c2)c1.[CH3][Ni][CH3]. The van der Waals surface area contributed by atoms with E-state index in [1.165, 1.54) is 84.7 Å². The van der Waals surface area contributed by atoms with Crippen LogP contribution >= 0.6 is 0 Å². The normalized spacial score (nSPS) is 11.9. The van der Waals surface area contributed by atoms with Gasteiger partial charge in [0, 0.05) is 0 Å². The van der Waals surface area contributed by atoms with Gasteiger partial charge in [-0.15, -0.1) is 0 Å². The van der Waals surface area contributed by atoms with E-state index in [0.29, 0.717) is 0 Å². The molecule has 3 aromatic rings. The molecule has 3 heteroatoms. The van der Waals surface area contributed by atoms with Gasteiger partial charge in [0.1, 0.15) is 0 Å². The van der Waals surface area contributed by atoms with Gasteiger partial charge in [0.15, 0.2) is 0 Å². The van der Waals surface area contributed by atoms with Crippen LogP contribution < -0.4 is 0 Å². The molecule has 0 atom stereocenters. The summed E-state index contributed by atoms with van der Waals surface area (Å²) in [6, 6.07) is 22.5. The first kappa shape index (κ1) is 37.7. The zero-order chi connectivity index (χ0) is 32.2. The monoisotopic (exact) mass is 638 g/mol. The van der Waals surface area contributed by atoms with Gasteiger partial charge in [-0.2, -0.15) is 0 Å². The second-order valence-corrected chi connectivity index (χ2v) is 12.8. The maximum atomic E-state index is 5.22. The van der Waals surface area contributed by atoms with Crippen LogP contribution in [0.15, 0.2) is 70.6 Å². The summed E-state index contributed by atoms with van der Waals surface area (Å²) >= 11 is 1.62. The summed E-state index contributed by atoms with van der Waals surface area (Å²) < 4.78 is 0. The van der Waals surface area contributed by atoms with Gasteiger partial charge in [-0.3, -0.25) is 9.98 Å². The van der Waals surface area contributed by atoms with E-state index in [9.17, 15) is 0 Å². The number of hydrogen-bond acceptors (Lipinski definition) is 2. The Morgan fingerprint density at radius 3 is 1.82 bits per heavy atom. The van der Waals surface area contributed by atoms with Gasteiger partial charge in [-0.25, -0.2) is 0 Å².